The van der Waals surface area contributed by atoms with E-state index in [9.17, 15) is 0 Å². The summed E-state index contributed by atoms with van der Waals surface area (Å²) in [6.45, 7) is 7.07. The van der Waals surface area contributed by atoms with Crippen LogP contribution in [0.2, 0.25) is 0 Å². The first kappa shape index (κ1) is 10.7. The Morgan fingerprint density at radius 1 is 1.46 bits per heavy atom. The topological polar surface area (TPSA) is 6.48 Å². The highest BCUT2D eigenvalue weighted by Crippen LogP contribution is 2.12. The van der Waals surface area contributed by atoms with Crippen molar-refractivity contribution in [3.8, 4) is 0 Å². The molecule has 0 amide bonds. The van der Waals surface area contributed by atoms with Gasteiger partial charge in [0.1, 0.15) is 0 Å². The number of rotatable bonds is 4. The van der Waals surface area contributed by atoms with Crippen LogP contribution in [0.3, 0.4) is 0 Å². The highest BCUT2D eigenvalue weighted by Gasteiger charge is 2.10. The molecule has 0 bridgehead atoms. The van der Waals surface area contributed by atoms with Crippen LogP contribution in [-0.4, -0.2) is 50.1 Å². The minimum absolute atomic E-state index is 1.18. The molecule has 0 unspecified atom stereocenters. The lowest BCUT2D eigenvalue weighted by molar-refractivity contribution is 0.297. The molecule has 0 aliphatic carbocycles. The van der Waals surface area contributed by atoms with Crippen LogP contribution < -0.4 is 0 Å². The van der Waals surface area contributed by atoms with Gasteiger partial charge < -0.3 is 4.90 Å². The van der Waals surface area contributed by atoms with E-state index in [-0.39, 0.29) is 0 Å². The molecule has 0 fully saturated rings. The summed E-state index contributed by atoms with van der Waals surface area (Å²) in [7, 11) is 4.28. The van der Waals surface area contributed by atoms with E-state index < -0.39 is 0 Å². The van der Waals surface area contributed by atoms with E-state index in [0.717, 1.165) is 0 Å². The second-order valence-electron chi connectivity index (χ2n) is 4.07. The van der Waals surface area contributed by atoms with Gasteiger partial charge in [-0.2, -0.15) is 0 Å². The van der Waals surface area contributed by atoms with Crippen molar-refractivity contribution in [2.24, 2.45) is 0 Å². The van der Waals surface area contributed by atoms with Gasteiger partial charge in [-0.3, -0.25) is 4.90 Å². The molecule has 0 saturated carbocycles. The van der Waals surface area contributed by atoms with Gasteiger partial charge in [-0.05, 0) is 33.5 Å². The summed E-state index contributed by atoms with van der Waals surface area (Å²) >= 11 is 0. The standard InChI is InChI=1S/C11H22N2/c1-4-13-8-5-6-11(10-13)7-9-12(2)3/h6H,4-5,7-10H2,1-3H3. The van der Waals surface area contributed by atoms with Crippen molar-refractivity contribution in [1.82, 2.24) is 9.80 Å². The molecule has 0 aromatic rings. The molecule has 1 rings (SSSR count). The zero-order chi connectivity index (χ0) is 9.68. The first-order chi connectivity index (χ1) is 6.22. The van der Waals surface area contributed by atoms with E-state index in [1.165, 1.54) is 39.0 Å². The summed E-state index contributed by atoms with van der Waals surface area (Å²) in [5.41, 5.74) is 1.63. The summed E-state index contributed by atoms with van der Waals surface area (Å²) in [5.74, 6) is 0. The Labute approximate surface area is 82.2 Å². The average molecular weight is 182 g/mol. The molecule has 1 aliphatic heterocycles. The highest BCUT2D eigenvalue weighted by molar-refractivity contribution is 5.08. The summed E-state index contributed by atoms with van der Waals surface area (Å²) in [6.07, 6.45) is 4.91. The molecule has 0 spiro atoms. The second kappa shape index (κ2) is 5.40. The molecule has 0 aromatic carbocycles. The smallest absolute Gasteiger partial charge is 0.0193 e. The molecular formula is C11H22N2. The van der Waals surface area contributed by atoms with Gasteiger partial charge in [0.2, 0.25) is 0 Å². The van der Waals surface area contributed by atoms with Crippen LogP contribution >= 0.6 is 0 Å². The number of likely N-dealkylation sites (N-methyl/N-ethyl adjacent to an activating group) is 1. The Kier molecular flexibility index (Phi) is 4.46. The first-order valence-corrected chi connectivity index (χ1v) is 5.27. The van der Waals surface area contributed by atoms with E-state index in [2.05, 4.69) is 36.9 Å². The fourth-order valence-electron chi connectivity index (χ4n) is 1.70. The third kappa shape index (κ3) is 3.92. The van der Waals surface area contributed by atoms with E-state index in [4.69, 9.17) is 0 Å². The average Bonchev–Trinajstić information content (AvgIpc) is 2.15. The van der Waals surface area contributed by atoms with Crippen molar-refractivity contribution < 1.29 is 0 Å². The van der Waals surface area contributed by atoms with Crippen molar-refractivity contribution in [1.29, 1.82) is 0 Å². The molecule has 2 nitrogen and oxygen atoms in total. The third-order valence-electron chi connectivity index (χ3n) is 2.63. The van der Waals surface area contributed by atoms with Crippen molar-refractivity contribution in [3.63, 3.8) is 0 Å². The molecule has 0 saturated heterocycles. The van der Waals surface area contributed by atoms with Crippen molar-refractivity contribution in [2.45, 2.75) is 19.8 Å². The third-order valence-corrected chi connectivity index (χ3v) is 2.63. The monoisotopic (exact) mass is 182 g/mol. The van der Waals surface area contributed by atoms with Gasteiger partial charge in [-0.25, -0.2) is 0 Å². The molecular weight excluding hydrogens is 160 g/mol. The van der Waals surface area contributed by atoms with Gasteiger partial charge in [-0.1, -0.05) is 18.6 Å². The van der Waals surface area contributed by atoms with Crippen molar-refractivity contribution in [2.75, 3.05) is 40.3 Å². The SMILES string of the molecule is CCN1CCC=C(CCN(C)C)C1. The lowest BCUT2D eigenvalue weighted by Crippen LogP contribution is -2.30. The van der Waals surface area contributed by atoms with Crippen LogP contribution in [-0.2, 0) is 0 Å². The zero-order valence-corrected chi connectivity index (χ0v) is 9.21. The van der Waals surface area contributed by atoms with E-state index in [1.54, 1.807) is 5.57 Å². The molecule has 1 aliphatic rings. The predicted octanol–water partition coefficient (Wildman–Crippen LogP) is 1.59. The fraction of sp³-hybridized carbons (Fsp3) is 0.818. The van der Waals surface area contributed by atoms with Gasteiger partial charge in [0.15, 0.2) is 0 Å². The zero-order valence-electron chi connectivity index (χ0n) is 9.21. The predicted molar refractivity (Wildman–Crippen MR) is 58.0 cm³/mol. The van der Waals surface area contributed by atoms with Crippen molar-refractivity contribution in [3.05, 3.63) is 11.6 Å². The molecule has 13 heavy (non-hydrogen) atoms. The summed E-state index contributed by atoms with van der Waals surface area (Å²) in [4.78, 5) is 4.77. The summed E-state index contributed by atoms with van der Waals surface area (Å²) < 4.78 is 0. The van der Waals surface area contributed by atoms with Crippen LogP contribution in [0.4, 0.5) is 0 Å². The Bertz CT molecular complexity index is 173. The summed E-state index contributed by atoms with van der Waals surface area (Å²) in [5, 5.41) is 0. The van der Waals surface area contributed by atoms with E-state index >= 15 is 0 Å². The molecule has 2 heteroatoms. The molecule has 1 heterocycles. The molecule has 0 aromatic heterocycles. The quantitative estimate of drug-likeness (QED) is 0.609. The van der Waals surface area contributed by atoms with Gasteiger partial charge >= 0.3 is 0 Å². The van der Waals surface area contributed by atoms with Gasteiger partial charge in [-0.15, -0.1) is 0 Å². The van der Waals surface area contributed by atoms with Gasteiger partial charge in [0.25, 0.3) is 0 Å². The number of nitrogens with zero attached hydrogens (tertiary/aromatic N) is 2. The minimum Gasteiger partial charge on any atom is -0.309 e. The summed E-state index contributed by atoms with van der Waals surface area (Å²) in [6, 6.07) is 0. The minimum atomic E-state index is 1.18. The maximum absolute atomic E-state index is 2.52. The van der Waals surface area contributed by atoms with E-state index in [0.29, 0.717) is 0 Å². The Balaban J connectivity index is 2.29. The largest absolute Gasteiger partial charge is 0.309 e. The Morgan fingerprint density at radius 2 is 2.23 bits per heavy atom. The fourth-order valence-corrected chi connectivity index (χ4v) is 1.70. The lowest BCUT2D eigenvalue weighted by atomic mass is 10.1. The first-order valence-electron chi connectivity index (χ1n) is 5.27. The Hall–Kier alpha value is -0.340. The highest BCUT2D eigenvalue weighted by atomic mass is 15.1. The number of hydrogen-bond acceptors (Lipinski definition) is 2. The second-order valence-corrected chi connectivity index (χ2v) is 4.07. The van der Waals surface area contributed by atoms with Crippen LogP contribution in [0.15, 0.2) is 11.6 Å². The van der Waals surface area contributed by atoms with Crippen LogP contribution in [0.5, 0.6) is 0 Å². The maximum atomic E-state index is 2.52. The normalized spacial score (nSPS) is 19.2. The van der Waals surface area contributed by atoms with Crippen LogP contribution in [0, 0.1) is 0 Å². The maximum Gasteiger partial charge on any atom is 0.0193 e. The molecule has 0 radical (unpaired) electrons. The van der Waals surface area contributed by atoms with E-state index in [1.807, 2.05) is 0 Å². The van der Waals surface area contributed by atoms with Gasteiger partial charge in [0.05, 0.1) is 0 Å². The lowest BCUT2D eigenvalue weighted by Gasteiger charge is -2.26. The number of hydrogen-bond donors (Lipinski definition) is 0. The van der Waals surface area contributed by atoms with Crippen LogP contribution in [0.1, 0.15) is 19.8 Å². The van der Waals surface area contributed by atoms with Gasteiger partial charge in [0, 0.05) is 19.6 Å². The van der Waals surface area contributed by atoms with Crippen molar-refractivity contribution >= 4 is 0 Å². The van der Waals surface area contributed by atoms with Crippen LogP contribution in [0.25, 0.3) is 0 Å². The molecule has 0 atom stereocenters. The molecule has 0 N–H and O–H groups in total. The Morgan fingerprint density at radius 3 is 2.85 bits per heavy atom. The molecule has 76 valence electrons.